The number of benzene rings is 1. The Kier molecular flexibility index (Phi) is 7.29. The van der Waals surface area contributed by atoms with E-state index in [1.807, 2.05) is 0 Å². The number of amides is 2. The van der Waals surface area contributed by atoms with Gasteiger partial charge in [-0.1, -0.05) is 25.7 Å². The Balaban J connectivity index is 1.54. The van der Waals surface area contributed by atoms with Gasteiger partial charge in [-0.2, -0.15) is 4.31 Å². The molecule has 1 aromatic carbocycles. The fraction of sp³-hybridized carbons (Fsp3) is 0.650. The van der Waals surface area contributed by atoms with Gasteiger partial charge in [-0.25, -0.2) is 17.6 Å². The number of nitrogens with one attached hydrogen (secondary N) is 2. The molecule has 1 heterocycles. The number of carbonyl (C=O) groups excluding carboxylic acids is 1. The molecule has 0 aromatic heterocycles. The fourth-order valence-corrected chi connectivity index (χ4v) is 5.88. The highest BCUT2D eigenvalue weighted by molar-refractivity contribution is 7.89. The summed E-state index contributed by atoms with van der Waals surface area (Å²) in [6.45, 7) is 0.886. The highest BCUT2D eigenvalue weighted by atomic mass is 32.2. The summed E-state index contributed by atoms with van der Waals surface area (Å²) >= 11 is 0. The van der Waals surface area contributed by atoms with Crippen molar-refractivity contribution in [2.75, 3.05) is 13.1 Å². The summed E-state index contributed by atoms with van der Waals surface area (Å²) in [6.07, 6.45) is 8.72. The minimum absolute atomic E-state index is 0.115. The molecule has 0 radical (unpaired) electrons. The summed E-state index contributed by atoms with van der Waals surface area (Å²) in [5.41, 5.74) is 0. The van der Waals surface area contributed by atoms with Crippen molar-refractivity contribution >= 4 is 16.1 Å². The van der Waals surface area contributed by atoms with Crippen LogP contribution in [0.5, 0.6) is 0 Å². The van der Waals surface area contributed by atoms with Gasteiger partial charge in [-0.3, -0.25) is 0 Å². The zero-order valence-corrected chi connectivity index (χ0v) is 17.0. The van der Waals surface area contributed by atoms with Crippen LogP contribution < -0.4 is 10.6 Å². The molecule has 28 heavy (non-hydrogen) atoms. The second kappa shape index (κ2) is 9.69. The predicted octanol–water partition coefficient (Wildman–Crippen LogP) is 3.39. The van der Waals surface area contributed by atoms with Gasteiger partial charge < -0.3 is 10.6 Å². The first-order chi connectivity index (χ1) is 13.5. The lowest BCUT2D eigenvalue weighted by Crippen LogP contribution is -2.47. The second-order valence-electron chi connectivity index (χ2n) is 7.74. The summed E-state index contributed by atoms with van der Waals surface area (Å²) in [7, 11) is -3.66. The lowest BCUT2D eigenvalue weighted by molar-refractivity contribution is 0.224. The molecule has 1 aliphatic carbocycles. The lowest BCUT2D eigenvalue weighted by Gasteiger charge is -2.34. The normalized spacial score (nSPS) is 22.0. The molecular weight excluding hydrogens is 381 g/mol. The molecule has 1 saturated heterocycles. The predicted molar refractivity (Wildman–Crippen MR) is 106 cm³/mol. The van der Waals surface area contributed by atoms with E-state index in [1.54, 1.807) is 0 Å². The van der Waals surface area contributed by atoms with Gasteiger partial charge in [0.1, 0.15) is 5.82 Å². The van der Waals surface area contributed by atoms with Crippen LogP contribution in [0.2, 0.25) is 0 Å². The molecular formula is C20H30FN3O3S. The number of halogens is 1. The highest BCUT2D eigenvalue weighted by Crippen LogP contribution is 2.27. The molecule has 8 heteroatoms. The van der Waals surface area contributed by atoms with E-state index in [0.717, 1.165) is 44.9 Å². The summed E-state index contributed by atoms with van der Waals surface area (Å²) in [5.74, 6) is -0.456. The number of hydrogen-bond acceptors (Lipinski definition) is 3. The van der Waals surface area contributed by atoms with Crippen LogP contribution in [0.4, 0.5) is 9.18 Å². The Bertz CT molecular complexity index is 748. The van der Waals surface area contributed by atoms with Crippen LogP contribution >= 0.6 is 0 Å². The number of hydrogen-bond donors (Lipinski definition) is 2. The van der Waals surface area contributed by atoms with Crippen LogP contribution in [-0.4, -0.2) is 43.9 Å². The monoisotopic (exact) mass is 411 g/mol. The van der Waals surface area contributed by atoms with Crippen LogP contribution in [0.3, 0.4) is 0 Å². The van der Waals surface area contributed by atoms with Crippen LogP contribution in [0.1, 0.15) is 57.8 Å². The first-order valence-electron chi connectivity index (χ1n) is 10.3. The Labute approximate surface area is 166 Å². The van der Waals surface area contributed by atoms with Gasteiger partial charge in [-0.15, -0.1) is 0 Å². The average Bonchev–Trinajstić information content (AvgIpc) is 2.69. The zero-order chi connectivity index (χ0) is 20.0. The number of piperidine rings is 1. The summed E-state index contributed by atoms with van der Waals surface area (Å²) in [4.78, 5) is 12.2. The number of nitrogens with zero attached hydrogens (tertiary/aromatic N) is 1. The van der Waals surface area contributed by atoms with Gasteiger partial charge in [0.05, 0.1) is 4.90 Å². The van der Waals surface area contributed by atoms with E-state index >= 15 is 0 Å². The van der Waals surface area contributed by atoms with Gasteiger partial charge in [-0.05, 0) is 56.4 Å². The third-order valence-corrected chi connectivity index (χ3v) is 7.66. The van der Waals surface area contributed by atoms with E-state index in [1.165, 1.54) is 35.0 Å². The summed E-state index contributed by atoms with van der Waals surface area (Å²) < 4.78 is 40.6. The van der Waals surface area contributed by atoms with Crippen LogP contribution in [0.15, 0.2) is 29.2 Å². The van der Waals surface area contributed by atoms with E-state index in [-0.39, 0.29) is 23.0 Å². The van der Waals surface area contributed by atoms with Crippen molar-refractivity contribution in [1.29, 1.82) is 0 Å². The van der Waals surface area contributed by atoms with E-state index in [9.17, 15) is 17.6 Å². The molecule has 0 bridgehead atoms. The summed E-state index contributed by atoms with van der Waals surface area (Å²) in [5, 5.41) is 5.89. The molecule has 2 aliphatic rings. The highest BCUT2D eigenvalue weighted by Gasteiger charge is 2.33. The molecule has 1 saturated carbocycles. The number of carbonyl (C=O) groups is 1. The van der Waals surface area contributed by atoms with Gasteiger partial charge in [0.15, 0.2) is 0 Å². The van der Waals surface area contributed by atoms with Crippen molar-refractivity contribution in [3.05, 3.63) is 30.1 Å². The first-order valence-corrected chi connectivity index (χ1v) is 11.7. The first kappa shape index (κ1) is 21.0. The van der Waals surface area contributed by atoms with E-state index in [2.05, 4.69) is 10.6 Å². The van der Waals surface area contributed by atoms with Gasteiger partial charge >= 0.3 is 6.03 Å². The molecule has 2 N–H and O–H groups in total. The van der Waals surface area contributed by atoms with E-state index in [0.29, 0.717) is 19.5 Å². The van der Waals surface area contributed by atoms with Crippen molar-refractivity contribution in [2.45, 2.75) is 74.8 Å². The molecule has 1 unspecified atom stereocenters. The number of sulfonamides is 1. The molecule has 156 valence electrons. The minimum Gasteiger partial charge on any atom is -0.338 e. The van der Waals surface area contributed by atoms with Crippen molar-refractivity contribution < 1.29 is 17.6 Å². The molecule has 6 nitrogen and oxygen atoms in total. The molecule has 2 fully saturated rings. The molecule has 0 spiro atoms. The topological polar surface area (TPSA) is 78.5 Å². The maximum Gasteiger partial charge on any atom is 0.315 e. The maximum atomic E-state index is 13.1. The molecule has 2 amide bonds. The molecule has 1 atom stereocenters. The lowest BCUT2D eigenvalue weighted by atomic mass is 9.96. The summed E-state index contributed by atoms with van der Waals surface area (Å²) in [6, 6.07) is 4.89. The van der Waals surface area contributed by atoms with Gasteiger partial charge in [0.25, 0.3) is 0 Å². The van der Waals surface area contributed by atoms with E-state index in [4.69, 9.17) is 0 Å². The van der Waals surface area contributed by atoms with Gasteiger partial charge in [0, 0.05) is 25.2 Å². The zero-order valence-electron chi connectivity index (χ0n) is 16.2. The quantitative estimate of drug-likeness (QED) is 0.753. The molecule has 1 aliphatic heterocycles. The average molecular weight is 412 g/mol. The van der Waals surface area contributed by atoms with Crippen LogP contribution in [0, 0.1) is 5.82 Å². The molecule has 1 aromatic rings. The Morgan fingerprint density at radius 1 is 1.04 bits per heavy atom. The van der Waals surface area contributed by atoms with Crippen molar-refractivity contribution in [2.24, 2.45) is 0 Å². The van der Waals surface area contributed by atoms with Crippen molar-refractivity contribution in [1.82, 2.24) is 14.9 Å². The van der Waals surface area contributed by atoms with Crippen LogP contribution in [0.25, 0.3) is 0 Å². The number of urea groups is 1. The van der Waals surface area contributed by atoms with E-state index < -0.39 is 15.8 Å². The van der Waals surface area contributed by atoms with Crippen molar-refractivity contribution in [3.8, 4) is 0 Å². The maximum absolute atomic E-state index is 13.1. The Morgan fingerprint density at radius 2 is 1.71 bits per heavy atom. The Hall–Kier alpha value is -1.67. The minimum atomic E-state index is -3.66. The second-order valence-corrected chi connectivity index (χ2v) is 9.63. The standard InChI is InChI=1S/C20H30FN3O3S/c21-16-9-11-19(12-10-16)28(26,27)24-15-5-4-8-18(24)13-14-22-20(25)23-17-6-2-1-3-7-17/h9-12,17-18H,1-8,13-15H2,(H2,22,23,25). The fourth-order valence-electron chi connectivity index (χ4n) is 4.16. The largest absolute Gasteiger partial charge is 0.338 e. The third-order valence-electron chi connectivity index (χ3n) is 5.70. The third kappa shape index (κ3) is 5.44. The van der Waals surface area contributed by atoms with Gasteiger partial charge in [0.2, 0.25) is 10.0 Å². The molecule has 3 rings (SSSR count). The van der Waals surface area contributed by atoms with Crippen molar-refractivity contribution in [3.63, 3.8) is 0 Å². The Morgan fingerprint density at radius 3 is 2.43 bits per heavy atom. The SMILES string of the molecule is O=C(NCCC1CCCCN1S(=O)(=O)c1ccc(F)cc1)NC1CCCCC1. The smallest absolute Gasteiger partial charge is 0.315 e. The number of rotatable bonds is 6. The van der Waals surface area contributed by atoms with Crippen LogP contribution in [-0.2, 0) is 10.0 Å².